The van der Waals surface area contributed by atoms with Gasteiger partial charge in [0.05, 0.1) is 27.9 Å². The van der Waals surface area contributed by atoms with E-state index in [1.165, 1.54) is 0 Å². The summed E-state index contributed by atoms with van der Waals surface area (Å²) < 4.78 is 0. The summed E-state index contributed by atoms with van der Waals surface area (Å²) in [4.78, 5) is 20.9. The van der Waals surface area contributed by atoms with Crippen molar-refractivity contribution in [3.8, 4) is 22.3 Å². The van der Waals surface area contributed by atoms with Crippen LogP contribution in [0.4, 0.5) is 17.1 Å². The molecule has 0 bridgehead atoms. The first-order chi connectivity index (χ1) is 30.3. The molecular weight excluding hydrogens is 808 g/mol. The summed E-state index contributed by atoms with van der Waals surface area (Å²) in [6, 6.07) is 42.0. The minimum Gasteiger partial charge on any atom is -0.506 e. The monoisotopic (exact) mass is 838 g/mol. The van der Waals surface area contributed by atoms with Crippen molar-refractivity contribution in [2.75, 3.05) is 16.0 Å². The second kappa shape index (κ2) is 11.1. The van der Waals surface area contributed by atoms with Crippen molar-refractivity contribution in [3.63, 3.8) is 0 Å². The number of aliphatic hydroxyl groups excluding tert-OH is 1. The maximum Gasteiger partial charge on any atom is 0.201 e. The number of carbonyl (C=O) groups excluding carboxylic acids is 1. The Bertz CT molecular complexity index is 3660. The highest BCUT2D eigenvalue weighted by atomic mass is 35.5. The van der Waals surface area contributed by atoms with Crippen molar-refractivity contribution in [2.45, 2.75) is 37.0 Å². The molecule has 15 rings (SSSR count). The van der Waals surface area contributed by atoms with Crippen molar-refractivity contribution >= 4 is 78.7 Å². The van der Waals surface area contributed by atoms with E-state index >= 15 is 4.79 Å². The first kappa shape index (κ1) is 33.8. The SMILES string of the molecule is O=C1C(c2cc3c4c(c(Cl)cc5c4c2NC2(N5)c4ccccc4-c4ccccc42)CC3)=C(O)/C1=c1/cc2c3c(c(Cl)cc4c3c1NC1(N=4)c3ccccc3-c3ccccc31)CC2. The topological polar surface area (TPSA) is 85.8 Å². The smallest absolute Gasteiger partial charge is 0.201 e. The van der Waals surface area contributed by atoms with E-state index in [9.17, 15) is 5.11 Å². The van der Waals surface area contributed by atoms with Crippen LogP contribution in [0.25, 0.3) is 54.9 Å². The quantitative estimate of drug-likeness (QED) is 0.132. The van der Waals surface area contributed by atoms with E-state index in [4.69, 9.17) is 28.2 Å². The number of aryl methyl sites for hydroxylation is 4. The fourth-order valence-corrected chi connectivity index (χ4v) is 13.0. The molecule has 4 N–H and O–H groups in total. The Balaban J connectivity index is 1.00. The Morgan fingerprint density at radius 1 is 0.532 bits per heavy atom. The largest absolute Gasteiger partial charge is 0.506 e. The lowest BCUT2D eigenvalue weighted by Crippen LogP contribution is -2.45. The third kappa shape index (κ3) is 3.79. The van der Waals surface area contributed by atoms with Gasteiger partial charge in [-0.15, -0.1) is 0 Å². The molecular formula is C54H32Cl2N4O2. The summed E-state index contributed by atoms with van der Waals surface area (Å²) in [6.45, 7) is 0. The zero-order chi connectivity index (χ0) is 41.0. The van der Waals surface area contributed by atoms with Gasteiger partial charge in [-0.1, -0.05) is 120 Å². The molecule has 2 heterocycles. The number of allylic oxidation sites excluding steroid dienone is 2. The molecule has 2 spiro atoms. The van der Waals surface area contributed by atoms with Gasteiger partial charge in [0.1, 0.15) is 5.76 Å². The van der Waals surface area contributed by atoms with Gasteiger partial charge in [-0.05, 0) is 105 Å². The Hall–Kier alpha value is -6.86. The number of benzene rings is 8. The van der Waals surface area contributed by atoms with E-state index in [2.05, 4.69) is 119 Å². The summed E-state index contributed by atoms with van der Waals surface area (Å²) in [6.07, 6.45) is 3.18. The van der Waals surface area contributed by atoms with Crippen LogP contribution in [0, 0.1) is 0 Å². The lowest BCUT2D eigenvalue weighted by molar-refractivity contribution is -0.109. The van der Waals surface area contributed by atoms with Gasteiger partial charge in [-0.2, -0.15) is 0 Å². The lowest BCUT2D eigenvalue weighted by Gasteiger charge is -2.42. The molecule has 5 aliphatic carbocycles. The molecule has 8 heteroatoms. The number of Topliss-reactive ketones (excluding diaryl/α,β-unsaturated/α-hetero) is 1. The molecule has 0 amide bonds. The second-order valence-electron chi connectivity index (χ2n) is 17.7. The average molecular weight is 840 g/mol. The van der Waals surface area contributed by atoms with Crippen molar-refractivity contribution in [1.82, 2.24) is 0 Å². The van der Waals surface area contributed by atoms with Crippen LogP contribution in [0.5, 0.6) is 0 Å². The van der Waals surface area contributed by atoms with Crippen LogP contribution in [0.1, 0.15) is 50.1 Å². The molecule has 0 radical (unpaired) electrons. The molecule has 0 saturated carbocycles. The highest BCUT2D eigenvalue weighted by molar-refractivity contribution is 6.53. The van der Waals surface area contributed by atoms with Gasteiger partial charge in [-0.3, -0.25) is 4.79 Å². The van der Waals surface area contributed by atoms with Gasteiger partial charge in [0.25, 0.3) is 0 Å². The lowest BCUT2D eigenvalue weighted by atomic mass is 9.78. The normalized spacial score (nSPS) is 18.6. The zero-order valence-corrected chi connectivity index (χ0v) is 34.4. The molecule has 6 nitrogen and oxygen atoms in total. The molecule has 0 saturated heterocycles. The van der Waals surface area contributed by atoms with Gasteiger partial charge in [-0.25, -0.2) is 4.99 Å². The molecule has 7 aliphatic rings. The molecule has 2 aliphatic heterocycles. The summed E-state index contributed by atoms with van der Waals surface area (Å²) in [5.41, 5.74) is 15.2. The summed E-state index contributed by atoms with van der Waals surface area (Å²) in [7, 11) is 0. The van der Waals surface area contributed by atoms with Gasteiger partial charge >= 0.3 is 0 Å². The minimum atomic E-state index is -0.973. The molecule has 62 heavy (non-hydrogen) atoms. The fraction of sp³-hybridized carbons (Fsp3) is 0.111. The molecule has 8 aromatic rings. The molecule has 0 aromatic heterocycles. The van der Waals surface area contributed by atoms with Gasteiger partial charge in [0.15, 0.2) is 11.3 Å². The van der Waals surface area contributed by atoms with Crippen molar-refractivity contribution in [1.29, 1.82) is 0 Å². The van der Waals surface area contributed by atoms with Crippen LogP contribution in [-0.4, -0.2) is 10.9 Å². The van der Waals surface area contributed by atoms with Crippen molar-refractivity contribution < 1.29 is 9.90 Å². The van der Waals surface area contributed by atoms with Crippen LogP contribution in [0.15, 0.2) is 132 Å². The van der Waals surface area contributed by atoms with E-state index in [0.29, 0.717) is 27.0 Å². The highest BCUT2D eigenvalue weighted by Crippen LogP contribution is 2.58. The number of carbonyl (C=O) groups is 1. The number of ketones is 1. The molecule has 0 fully saturated rings. The number of fused-ring (bicyclic) bond motifs is 10. The van der Waals surface area contributed by atoms with E-state index in [1.807, 2.05) is 18.2 Å². The van der Waals surface area contributed by atoms with Crippen molar-refractivity contribution in [2.24, 2.45) is 4.99 Å². The van der Waals surface area contributed by atoms with Crippen LogP contribution in [0.3, 0.4) is 0 Å². The van der Waals surface area contributed by atoms with Gasteiger partial charge in [0, 0.05) is 59.5 Å². The number of rotatable bonds is 1. The predicted molar refractivity (Wildman–Crippen MR) is 248 cm³/mol. The predicted octanol–water partition coefficient (Wildman–Crippen LogP) is 10.8. The maximum absolute atomic E-state index is 15.3. The van der Waals surface area contributed by atoms with E-state index in [0.717, 1.165) is 141 Å². The number of hydrogen-bond donors (Lipinski definition) is 4. The third-order valence-electron chi connectivity index (χ3n) is 14.9. The van der Waals surface area contributed by atoms with Gasteiger partial charge in [0.2, 0.25) is 5.78 Å². The van der Waals surface area contributed by atoms with Crippen LogP contribution in [0.2, 0.25) is 10.0 Å². The number of aliphatic hydroxyl groups is 1. The maximum atomic E-state index is 15.3. The summed E-state index contributed by atoms with van der Waals surface area (Å²) in [5.74, 6) is -0.196. The van der Waals surface area contributed by atoms with Crippen molar-refractivity contribution in [3.05, 3.63) is 198 Å². The highest BCUT2D eigenvalue weighted by Gasteiger charge is 2.50. The standard InChI is InChI=1S/C54H32Cl2N4O2/c55-39-23-41-47-43-25(17-19-31(39)43)21-33(49(47)59-53(57-41)35-13-5-1-9-27(35)28-10-2-6-14-36(28)53)45-51(61)46(52(45)62)34-22-26-18-20-32-40(56)24-42-48(44(26)32)50(34)60-54(58-42)37-15-7-3-11-29(37)30-12-4-8-16-38(30)54/h1-16,21-24,57,59-61H,17-20H2/b46-34+. The number of halogens is 2. The number of anilines is 3. The molecule has 294 valence electrons. The molecule has 0 unspecified atom stereocenters. The Labute approximate surface area is 364 Å². The van der Waals surface area contributed by atoms with Gasteiger partial charge < -0.3 is 21.1 Å². The molecule has 8 aromatic carbocycles. The van der Waals surface area contributed by atoms with Crippen LogP contribution >= 0.6 is 23.2 Å². The first-order valence-corrected chi connectivity index (χ1v) is 22.0. The van der Waals surface area contributed by atoms with E-state index < -0.39 is 11.3 Å². The fourth-order valence-electron chi connectivity index (χ4n) is 12.4. The average Bonchev–Trinajstić information content (AvgIpc) is 4.05. The number of nitrogens with zero attached hydrogens (tertiary/aromatic N) is 1. The van der Waals surface area contributed by atoms with Crippen LogP contribution in [-0.2, 0) is 41.8 Å². The molecule has 0 atom stereocenters. The Kier molecular flexibility index (Phi) is 6.08. The minimum absolute atomic E-state index is 0.00439. The number of nitrogens with one attached hydrogen (secondary N) is 3. The van der Waals surface area contributed by atoms with E-state index in [-0.39, 0.29) is 11.5 Å². The zero-order valence-electron chi connectivity index (χ0n) is 32.9. The third-order valence-corrected chi connectivity index (χ3v) is 15.6. The first-order valence-electron chi connectivity index (χ1n) is 21.3. The summed E-state index contributed by atoms with van der Waals surface area (Å²) >= 11 is 14.2. The Morgan fingerprint density at radius 3 is 1.71 bits per heavy atom. The number of hydrogen-bond acceptors (Lipinski definition) is 6. The van der Waals surface area contributed by atoms with E-state index in [1.54, 1.807) is 0 Å². The second-order valence-corrected chi connectivity index (χ2v) is 18.5. The van der Waals surface area contributed by atoms with Crippen LogP contribution < -0.4 is 26.5 Å². The Morgan fingerprint density at radius 2 is 1.08 bits per heavy atom. The summed E-state index contributed by atoms with van der Waals surface area (Å²) in [5, 5.41) is 31.6.